The average molecular weight is 323 g/mol. The second kappa shape index (κ2) is 10.7. The Balaban J connectivity index is 0.00000361. The summed E-state index contributed by atoms with van der Waals surface area (Å²) in [5.41, 5.74) is 0.886. The number of nitrogens with one attached hydrogen (secondary N) is 2. The van der Waals surface area contributed by atoms with E-state index < -0.39 is 0 Å². The van der Waals surface area contributed by atoms with Crippen LogP contribution >= 0.6 is 24.0 Å². The zero-order valence-corrected chi connectivity index (χ0v) is 13.1. The first-order valence-electron chi connectivity index (χ1n) is 5.96. The van der Waals surface area contributed by atoms with Crippen LogP contribution in [0.4, 0.5) is 0 Å². The number of carbonyl (C=O) groups excluding carboxylic acids is 1. The Bertz CT molecular complexity index is 417. The van der Waals surface area contributed by atoms with E-state index in [0.29, 0.717) is 30.5 Å². The van der Waals surface area contributed by atoms with Crippen molar-refractivity contribution in [3.05, 3.63) is 28.8 Å². The largest absolute Gasteiger partial charge is 0.496 e. The fraction of sp³-hybridized carbons (Fsp3) is 0.462. The molecule has 0 spiro atoms. The molecule has 7 heteroatoms. The number of carbonyl (C=O) groups is 1. The molecule has 0 bridgehead atoms. The minimum atomic E-state index is -0.0758. The fourth-order valence-electron chi connectivity index (χ4n) is 1.50. The van der Waals surface area contributed by atoms with Crippen LogP contribution in [0.3, 0.4) is 0 Å². The summed E-state index contributed by atoms with van der Waals surface area (Å²) in [4.78, 5) is 11.6. The molecule has 0 fully saturated rings. The summed E-state index contributed by atoms with van der Waals surface area (Å²) >= 11 is 5.87. The fourth-order valence-corrected chi connectivity index (χ4v) is 1.66. The number of halogens is 2. The molecule has 20 heavy (non-hydrogen) atoms. The quantitative estimate of drug-likeness (QED) is 0.714. The third kappa shape index (κ3) is 6.96. The number of hydrogen-bond acceptors (Lipinski definition) is 4. The summed E-state index contributed by atoms with van der Waals surface area (Å²) in [5.74, 6) is 0.591. The van der Waals surface area contributed by atoms with Gasteiger partial charge in [-0.3, -0.25) is 4.79 Å². The van der Waals surface area contributed by atoms with Gasteiger partial charge in [-0.25, -0.2) is 0 Å². The van der Waals surface area contributed by atoms with Gasteiger partial charge >= 0.3 is 0 Å². The van der Waals surface area contributed by atoms with Crippen molar-refractivity contribution < 1.29 is 14.3 Å². The monoisotopic (exact) mass is 322 g/mol. The first kappa shape index (κ1) is 19.0. The van der Waals surface area contributed by atoms with E-state index in [1.807, 2.05) is 6.07 Å². The molecule has 2 N–H and O–H groups in total. The normalized spacial score (nSPS) is 9.75. The van der Waals surface area contributed by atoms with E-state index in [1.165, 1.54) is 0 Å². The van der Waals surface area contributed by atoms with Crippen LogP contribution in [0.25, 0.3) is 0 Å². The minimum absolute atomic E-state index is 0. The van der Waals surface area contributed by atoms with Crippen LogP contribution in [-0.2, 0) is 16.1 Å². The van der Waals surface area contributed by atoms with Gasteiger partial charge in [0.1, 0.15) is 5.75 Å². The van der Waals surface area contributed by atoms with Gasteiger partial charge < -0.3 is 20.1 Å². The average Bonchev–Trinajstić information content (AvgIpc) is 2.42. The Hall–Kier alpha value is -1.01. The molecule has 1 rings (SSSR count). The van der Waals surface area contributed by atoms with Crippen LogP contribution in [0.2, 0.25) is 5.02 Å². The highest BCUT2D eigenvalue weighted by atomic mass is 35.5. The summed E-state index contributed by atoms with van der Waals surface area (Å²) in [5, 5.41) is 6.38. The van der Waals surface area contributed by atoms with E-state index in [9.17, 15) is 4.79 Å². The van der Waals surface area contributed by atoms with Crippen molar-refractivity contribution >= 4 is 29.9 Å². The molecule has 0 aromatic heterocycles. The predicted octanol–water partition coefficient (Wildman–Crippen LogP) is 1.62. The molecule has 0 atom stereocenters. The maximum Gasteiger partial charge on any atom is 0.234 e. The summed E-state index contributed by atoms with van der Waals surface area (Å²) in [7, 11) is 3.19. The van der Waals surface area contributed by atoms with Gasteiger partial charge in [-0.05, 0) is 12.1 Å². The first-order valence-corrected chi connectivity index (χ1v) is 6.34. The van der Waals surface area contributed by atoms with E-state index in [-0.39, 0.29) is 24.9 Å². The van der Waals surface area contributed by atoms with Crippen LogP contribution in [0.5, 0.6) is 5.75 Å². The Labute approximate surface area is 130 Å². The van der Waals surface area contributed by atoms with Gasteiger partial charge in [0.05, 0.1) is 20.3 Å². The maximum absolute atomic E-state index is 11.6. The molecule has 0 heterocycles. The number of hydrogen-bond donors (Lipinski definition) is 2. The highest BCUT2D eigenvalue weighted by Crippen LogP contribution is 2.22. The lowest BCUT2D eigenvalue weighted by molar-refractivity contribution is -0.120. The standard InChI is InChI=1S/C13H19ClN2O3.ClH/c1-18-6-5-15-9-13(17)16-8-10-3-4-11(14)7-12(10)19-2;/h3-4,7,15H,5-6,8-9H2,1-2H3,(H,16,17);1H. The van der Waals surface area contributed by atoms with Crippen molar-refractivity contribution in [2.75, 3.05) is 33.9 Å². The van der Waals surface area contributed by atoms with Crippen molar-refractivity contribution in [3.8, 4) is 5.75 Å². The smallest absolute Gasteiger partial charge is 0.234 e. The molecule has 1 aromatic carbocycles. The van der Waals surface area contributed by atoms with Crippen molar-refractivity contribution in [3.63, 3.8) is 0 Å². The van der Waals surface area contributed by atoms with E-state index in [2.05, 4.69) is 10.6 Å². The minimum Gasteiger partial charge on any atom is -0.496 e. The second-order valence-electron chi connectivity index (χ2n) is 3.90. The molecule has 0 saturated carbocycles. The van der Waals surface area contributed by atoms with Gasteiger partial charge in [0.25, 0.3) is 0 Å². The topological polar surface area (TPSA) is 59.6 Å². The molecular formula is C13H20Cl2N2O3. The number of ether oxygens (including phenoxy) is 2. The van der Waals surface area contributed by atoms with Crippen LogP contribution in [0.15, 0.2) is 18.2 Å². The SMILES string of the molecule is COCCNCC(=O)NCc1ccc(Cl)cc1OC.Cl. The van der Waals surface area contributed by atoms with Crippen LogP contribution < -0.4 is 15.4 Å². The van der Waals surface area contributed by atoms with Crippen molar-refractivity contribution in [2.45, 2.75) is 6.54 Å². The van der Waals surface area contributed by atoms with Crippen LogP contribution in [-0.4, -0.2) is 39.8 Å². The molecule has 0 aliphatic carbocycles. The Morgan fingerprint density at radius 2 is 2.10 bits per heavy atom. The zero-order chi connectivity index (χ0) is 14.1. The lowest BCUT2D eigenvalue weighted by Gasteiger charge is -2.10. The summed E-state index contributed by atoms with van der Waals surface area (Å²) in [6, 6.07) is 5.32. The van der Waals surface area contributed by atoms with Crippen LogP contribution in [0, 0.1) is 0 Å². The van der Waals surface area contributed by atoms with Gasteiger partial charge in [-0.2, -0.15) is 0 Å². The molecule has 0 radical (unpaired) electrons. The van der Waals surface area contributed by atoms with E-state index in [1.54, 1.807) is 26.4 Å². The third-order valence-corrected chi connectivity index (χ3v) is 2.73. The van der Waals surface area contributed by atoms with Gasteiger partial charge in [0, 0.05) is 30.8 Å². The van der Waals surface area contributed by atoms with Crippen molar-refractivity contribution in [2.24, 2.45) is 0 Å². The van der Waals surface area contributed by atoms with E-state index >= 15 is 0 Å². The zero-order valence-electron chi connectivity index (χ0n) is 11.6. The molecule has 0 aliphatic heterocycles. The van der Waals surface area contributed by atoms with Crippen molar-refractivity contribution in [1.82, 2.24) is 10.6 Å². The molecule has 0 saturated heterocycles. The third-order valence-electron chi connectivity index (χ3n) is 2.49. The summed E-state index contributed by atoms with van der Waals surface area (Å²) in [6.45, 7) is 1.90. The van der Waals surface area contributed by atoms with Crippen molar-refractivity contribution in [1.29, 1.82) is 0 Å². The molecule has 1 aromatic rings. The number of methoxy groups -OCH3 is 2. The lowest BCUT2D eigenvalue weighted by atomic mass is 10.2. The lowest BCUT2D eigenvalue weighted by Crippen LogP contribution is -2.34. The summed E-state index contributed by atoms with van der Waals surface area (Å²) in [6.07, 6.45) is 0. The number of benzene rings is 1. The van der Waals surface area contributed by atoms with E-state index in [4.69, 9.17) is 21.1 Å². The Morgan fingerprint density at radius 1 is 1.35 bits per heavy atom. The van der Waals surface area contributed by atoms with Gasteiger partial charge in [-0.15, -0.1) is 12.4 Å². The maximum atomic E-state index is 11.6. The summed E-state index contributed by atoms with van der Waals surface area (Å²) < 4.78 is 10.1. The number of amides is 1. The highest BCUT2D eigenvalue weighted by Gasteiger charge is 2.06. The molecule has 1 amide bonds. The van der Waals surface area contributed by atoms with Crippen LogP contribution in [0.1, 0.15) is 5.56 Å². The number of rotatable bonds is 8. The Morgan fingerprint density at radius 3 is 2.75 bits per heavy atom. The molecule has 0 unspecified atom stereocenters. The Kier molecular flexibility index (Phi) is 10.2. The first-order chi connectivity index (χ1) is 9.17. The molecular weight excluding hydrogens is 303 g/mol. The van der Waals surface area contributed by atoms with E-state index in [0.717, 1.165) is 5.56 Å². The molecule has 114 valence electrons. The van der Waals surface area contributed by atoms with Gasteiger partial charge in [-0.1, -0.05) is 17.7 Å². The highest BCUT2D eigenvalue weighted by molar-refractivity contribution is 6.30. The molecule has 0 aliphatic rings. The van der Waals surface area contributed by atoms with Gasteiger partial charge in [0.15, 0.2) is 0 Å². The predicted molar refractivity (Wildman–Crippen MR) is 81.8 cm³/mol. The second-order valence-corrected chi connectivity index (χ2v) is 4.34. The van der Waals surface area contributed by atoms with Gasteiger partial charge in [0.2, 0.25) is 5.91 Å². The molecule has 5 nitrogen and oxygen atoms in total.